The number of ether oxygens (including phenoxy) is 1. The van der Waals surface area contributed by atoms with E-state index in [4.69, 9.17) is 4.74 Å². The summed E-state index contributed by atoms with van der Waals surface area (Å²) in [7, 11) is 0. The minimum Gasteiger partial charge on any atom is -0.379 e. The monoisotopic (exact) mass is 380 g/mol. The zero-order valence-corrected chi connectivity index (χ0v) is 15.5. The van der Waals surface area contributed by atoms with Crippen LogP contribution in [-0.4, -0.2) is 59.8 Å². The highest BCUT2D eigenvalue weighted by Crippen LogP contribution is 2.04. The average Bonchev–Trinajstić information content (AvgIpc) is 2.66. The lowest BCUT2D eigenvalue weighted by Crippen LogP contribution is -2.38. The number of aryl methyl sites for hydroxylation is 1. The summed E-state index contributed by atoms with van der Waals surface area (Å²) in [6.07, 6.45) is 2.71. The number of morpholine rings is 1. The van der Waals surface area contributed by atoms with Crippen LogP contribution in [0.15, 0.2) is 35.4 Å². The fraction of sp³-hybridized carbons (Fsp3) is 0.500. The van der Waals surface area contributed by atoms with Gasteiger partial charge in [-0.3, -0.25) is 19.1 Å². The number of amides is 1. The molecule has 26 heavy (non-hydrogen) atoms. The molecule has 1 fully saturated rings. The molecule has 1 aliphatic rings. The normalized spacial score (nSPS) is 14.8. The first-order valence-corrected chi connectivity index (χ1v) is 8.75. The number of fused-ring (bicyclic) bond motifs is 1. The van der Waals surface area contributed by atoms with Gasteiger partial charge in [-0.15, -0.1) is 12.4 Å². The van der Waals surface area contributed by atoms with E-state index >= 15 is 0 Å². The zero-order chi connectivity index (χ0) is 17.5. The summed E-state index contributed by atoms with van der Waals surface area (Å²) in [6, 6.07) is 7.23. The quantitative estimate of drug-likeness (QED) is 0.726. The topological polar surface area (TPSA) is 76.5 Å². The number of para-hydroxylation sites is 1. The highest BCUT2D eigenvalue weighted by Gasteiger charge is 2.10. The van der Waals surface area contributed by atoms with E-state index < -0.39 is 0 Å². The number of aromatic nitrogens is 2. The van der Waals surface area contributed by atoms with E-state index in [1.165, 1.54) is 10.9 Å². The Morgan fingerprint density at radius 3 is 2.77 bits per heavy atom. The highest BCUT2D eigenvalue weighted by atomic mass is 35.5. The summed E-state index contributed by atoms with van der Waals surface area (Å²) >= 11 is 0. The first kappa shape index (κ1) is 20.4. The van der Waals surface area contributed by atoms with Crippen molar-refractivity contribution in [3.05, 3.63) is 40.9 Å². The first-order chi connectivity index (χ1) is 12.2. The van der Waals surface area contributed by atoms with Crippen LogP contribution in [0, 0.1) is 0 Å². The number of hydrogen-bond donors (Lipinski definition) is 1. The molecule has 8 heteroatoms. The van der Waals surface area contributed by atoms with Gasteiger partial charge < -0.3 is 10.1 Å². The Balaban J connectivity index is 0.00000243. The van der Waals surface area contributed by atoms with Crippen LogP contribution in [0.25, 0.3) is 10.9 Å². The fourth-order valence-corrected chi connectivity index (χ4v) is 2.93. The van der Waals surface area contributed by atoms with Gasteiger partial charge in [0.25, 0.3) is 5.56 Å². The molecule has 7 nitrogen and oxygen atoms in total. The molecule has 3 rings (SSSR count). The van der Waals surface area contributed by atoms with Gasteiger partial charge in [-0.1, -0.05) is 12.1 Å². The maximum Gasteiger partial charge on any atom is 0.261 e. The van der Waals surface area contributed by atoms with Crippen molar-refractivity contribution in [1.29, 1.82) is 0 Å². The molecule has 1 amide bonds. The predicted octanol–water partition coefficient (Wildman–Crippen LogP) is 1.05. The van der Waals surface area contributed by atoms with Gasteiger partial charge in [-0.2, -0.15) is 0 Å². The van der Waals surface area contributed by atoms with E-state index in [0.717, 1.165) is 39.3 Å². The largest absolute Gasteiger partial charge is 0.379 e. The predicted molar refractivity (Wildman–Crippen MR) is 103 cm³/mol. The maximum absolute atomic E-state index is 12.4. The number of carbonyl (C=O) groups is 1. The van der Waals surface area contributed by atoms with Crippen LogP contribution >= 0.6 is 12.4 Å². The van der Waals surface area contributed by atoms with Gasteiger partial charge in [0.05, 0.1) is 30.4 Å². The molecule has 0 bridgehead atoms. The number of nitrogens with zero attached hydrogens (tertiary/aromatic N) is 3. The standard InChI is InChI=1S/C18H24N4O3.ClH/c23-17(19-7-3-8-21-10-12-25-13-11-21)6-9-22-14-20-16-5-2-1-4-15(16)18(22)24;/h1-2,4-5,14H,3,6-13H2,(H,19,23);1H. The summed E-state index contributed by atoms with van der Waals surface area (Å²) in [5, 5.41) is 3.50. The van der Waals surface area contributed by atoms with Crippen molar-refractivity contribution in [1.82, 2.24) is 19.8 Å². The second kappa shape index (κ2) is 10.3. The third-order valence-electron chi connectivity index (χ3n) is 4.39. The van der Waals surface area contributed by atoms with Crippen LogP contribution < -0.4 is 10.9 Å². The smallest absolute Gasteiger partial charge is 0.261 e. The van der Waals surface area contributed by atoms with Crippen LogP contribution in [0.5, 0.6) is 0 Å². The SMILES string of the molecule is Cl.O=C(CCn1cnc2ccccc2c1=O)NCCCN1CCOCC1. The molecule has 2 aromatic rings. The summed E-state index contributed by atoms with van der Waals surface area (Å²) in [5.41, 5.74) is 0.571. The van der Waals surface area contributed by atoms with Gasteiger partial charge in [-0.05, 0) is 25.1 Å². The first-order valence-electron chi connectivity index (χ1n) is 8.75. The van der Waals surface area contributed by atoms with E-state index in [-0.39, 0.29) is 30.3 Å². The Morgan fingerprint density at radius 2 is 1.96 bits per heavy atom. The van der Waals surface area contributed by atoms with E-state index in [0.29, 0.717) is 24.0 Å². The maximum atomic E-state index is 12.4. The zero-order valence-electron chi connectivity index (χ0n) is 14.7. The van der Waals surface area contributed by atoms with Crippen LogP contribution in [0.3, 0.4) is 0 Å². The second-order valence-corrected chi connectivity index (χ2v) is 6.17. The van der Waals surface area contributed by atoms with Gasteiger partial charge >= 0.3 is 0 Å². The molecule has 1 saturated heterocycles. The van der Waals surface area contributed by atoms with E-state index in [2.05, 4.69) is 15.2 Å². The van der Waals surface area contributed by atoms with Crippen molar-refractivity contribution in [2.75, 3.05) is 39.4 Å². The number of rotatable bonds is 7. The Labute approximate surface area is 158 Å². The molecule has 0 aliphatic carbocycles. The number of hydrogen-bond acceptors (Lipinski definition) is 5. The van der Waals surface area contributed by atoms with Crippen molar-refractivity contribution >= 4 is 29.2 Å². The van der Waals surface area contributed by atoms with Crippen molar-refractivity contribution in [2.45, 2.75) is 19.4 Å². The van der Waals surface area contributed by atoms with Crippen LogP contribution in [-0.2, 0) is 16.1 Å². The summed E-state index contributed by atoms with van der Waals surface area (Å²) < 4.78 is 6.81. The Hall–Kier alpha value is -1.96. The average molecular weight is 381 g/mol. The number of carbonyl (C=O) groups excluding carboxylic acids is 1. The van der Waals surface area contributed by atoms with Gasteiger partial charge in [0, 0.05) is 32.6 Å². The van der Waals surface area contributed by atoms with E-state index in [1.54, 1.807) is 6.07 Å². The third-order valence-corrected chi connectivity index (χ3v) is 4.39. The molecular formula is C18H25ClN4O3. The lowest BCUT2D eigenvalue weighted by atomic mass is 10.2. The molecule has 0 radical (unpaired) electrons. The molecule has 1 aliphatic heterocycles. The molecule has 0 spiro atoms. The molecule has 0 unspecified atom stereocenters. The minimum atomic E-state index is -0.106. The number of nitrogens with one attached hydrogen (secondary N) is 1. The number of halogens is 1. The third kappa shape index (κ3) is 5.52. The van der Waals surface area contributed by atoms with E-state index in [1.807, 2.05) is 18.2 Å². The second-order valence-electron chi connectivity index (χ2n) is 6.17. The molecule has 0 atom stereocenters. The van der Waals surface area contributed by atoms with Crippen molar-refractivity contribution < 1.29 is 9.53 Å². The molecule has 1 N–H and O–H groups in total. The van der Waals surface area contributed by atoms with Crippen molar-refractivity contribution in [3.63, 3.8) is 0 Å². The summed E-state index contributed by atoms with van der Waals surface area (Å²) in [6.45, 7) is 5.48. The molecule has 142 valence electrons. The fourth-order valence-electron chi connectivity index (χ4n) is 2.93. The Bertz CT molecular complexity index is 774. The lowest BCUT2D eigenvalue weighted by Gasteiger charge is -2.26. The van der Waals surface area contributed by atoms with Gasteiger partial charge in [0.1, 0.15) is 0 Å². The minimum absolute atomic E-state index is 0. The molecule has 2 heterocycles. The molecule has 1 aromatic heterocycles. The van der Waals surface area contributed by atoms with Crippen LogP contribution in [0.1, 0.15) is 12.8 Å². The van der Waals surface area contributed by atoms with Crippen LogP contribution in [0.2, 0.25) is 0 Å². The summed E-state index contributed by atoms with van der Waals surface area (Å²) in [4.78, 5) is 30.9. The number of benzene rings is 1. The molecule has 1 aromatic carbocycles. The lowest BCUT2D eigenvalue weighted by molar-refractivity contribution is -0.121. The van der Waals surface area contributed by atoms with Crippen LogP contribution in [0.4, 0.5) is 0 Å². The highest BCUT2D eigenvalue weighted by molar-refractivity contribution is 5.85. The summed E-state index contributed by atoms with van der Waals surface area (Å²) in [5.74, 6) is -0.0398. The molecular weight excluding hydrogens is 356 g/mol. The van der Waals surface area contributed by atoms with E-state index in [9.17, 15) is 9.59 Å². The Kier molecular flexibility index (Phi) is 8.03. The molecule has 0 saturated carbocycles. The van der Waals surface area contributed by atoms with Gasteiger partial charge in [-0.25, -0.2) is 4.98 Å². The van der Waals surface area contributed by atoms with Gasteiger partial charge in [0.2, 0.25) is 5.91 Å². The van der Waals surface area contributed by atoms with Crippen molar-refractivity contribution in [2.24, 2.45) is 0 Å². The van der Waals surface area contributed by atoms with Gasteiger partial charge in [0.15, 0.2) is 0 Å². The van der Waals surface area contributed by atoms with Crippen molar-refractivity contribution in [3.8, 4) is 0 Å². The Morgan fingerprint density at radius 1 is 1.19 bits per heavy atom.